The summed E-state index contributed by atoms with van der Waals surface area (Å²) in [4.78, 5) is 19.4. The van der Waals surface area contributed by atoms with E-state index < -0.39 is 54.1 Å². The monoisotopic (exact) mass is 454 g/mol. The summed E-state index contributed by atoms with van der Waals surface area (Å²) < 4.78 is 83.8. The van der Waals surface area contributed by atoms with E-state index in [1.807, 2.05) is 0 Å². The first kappa shape index (κ1) is 22.8. The van der Waals surface area contributed by atoms with Gasteiger partial charge in [-0.25, -0.2) is 4.85 Å². The molecule has 3 rings (SSSR count). The van der Waals surface area contributed by atoms with Gasteiger partial charge < -0.3 is 9.42 Å². The number of benzene rings is 2. The molecule has 0 fully saturated rings. The lowest BCUT2D eigenvalue weighted by Gasteiger charge is -2.25. The predicted octanol–water partition coefficient (Wildman–Crippen LogP) is 5.44. The van der Waals surface area contributed by atoms with Crippen molar-refractivity contribution in [3.05, 3.63) is 82.8 Å². The van der Waals surface area contributed by atoms with Gasteiger partial charge in [-0.1, -0.05) is 41.6 Å². The van der Waals surface area contributed by atoms with Gasteiger partial charge in [-0.2, -0.15) is 31.3 Å². The van der Waals surface area contributed by atoms with Crippen molar-refractivity contribution in [2.45, 2.75) is 18.9 Å². The molecule has 12 heteroatoms. The fourth-order valence-corrected chi connectivity index (χ4v) is 2.79. The van der Waals surface area contributed by atoms with Crippen LogP contribution in [0.25, 0.3) is 4.85 Å². The molecule has 0 unspecified atom stereocenters. The van der Waals surface area contributed by atoms with Crippen LogP contribution in [0.4, 0.5) is 37.7 Å². The Morgan fingerprint density at radius 1 is 1.06 bits per heavy atom. The fraction of sp³-hybridized carbons (Fsp3) is 0.200. The molecule has 2 aromatic carbocycles. The number of aromatic nitrogens is 2. The van der Waals surface area contributed by atoms with Crippen molar-refractivity contribution < 1.29 is 35.7 Å². The Labute approximate surface area is 176 Å². The number of anilines is 1. The third-order valence-electron chi connectivity index (χ3n) is 4.17. The number of alkyl halides is 6. The minimum Gasteiger partial charge on any atom is -0.355 e. The summed E-state index contributed by atoms with van der Waals surface area (Å²) in [5.74, 6) is -1.47. The van der Waals surface area contributed by atoms with Crippen molar-refractivity contribution in [2.24, 2.45) is 0 Å². The van der Waals surface area contributed by atoms with Crippen LogP contribution < -0.4 is 4.90 Å². The van der Waals surface area contributed by atoms with E-state index in [1.165, 1.54) is 12.1 Å². The van der Waals surface area contributed by atoms with Crippen molar-refractivity contribution >= 4 is 17.2 Å². The standard InChI is InChI=1S/C20H12F6N4O2/c1-27-15-8-7-13(9-14(15)20(24,25)26)30(11-19(21,22)23)10-16-28-18(32-29-16)17(31)12-5-3-2-4-6-12/h2-9H,10-11H2. The Bertz CT molecular complexity index is 1150. The zero-order valence-electron chi connectivity index (χ0n) is 15.9. The number of rotatable bonds is 6. The number of nitrogens with zero attached hydrogens (tertiary/aromatic N) is 4. The number of carbonyl (C=O) groups is 1. The Morgan fingerprint density at radius 2 is 1.75 bits per heavy atom. The first-order valence-corrected chi connectivity index (χ1v) is 8.80. The van der Waals surface area contributed by atoms with Gasteiger partial charge in [0.2, 0.25) is 0 Å². The van der Waals surface area contributed by atoms with Crippen LogP contribution in [-0.2, 0) is 12.7 Å². The number of hydrogen-bond acceptors (Lipinski definition) is 5. The Hall–Kier alpha value is -3.88. The first-order chi connectivity index (χ1) is 15.0. The molecule has 0 N–H and O–H groups in total. The molecule has 0 aliphatic carbocycles. The quantitative estimate of drug-likeness (QED) is 0.282. The highest BCUT2D eigenvalue weighted by Crippen LogP contribution is 2.39. The molecule has 1 heterocycles. The van der Waals surface area contributed by atoms with Gasteiger partial charge in [0.15, 0.2) is 11.5 Å². The van der Waals surface area contributed by atoms with E-state index in [0.717, 1.165) is 12.1 Å². The second kappa shape index (κ2) is 8.70. The van der Waals surface area contributed by atoms with E-state index in [2.05, 4.69) is 15.0 Å². The molecule has 0 spiro atoms. The Balaban J connectivity index is 1.93. The fourth-order valence-electron chi connectivity index (χ4n) is 2.79. The number of ketones is 1. The van der Waals surface area contributed by atoms with Crippen molar-refractivity contribution in [2.75, 3.05) is 11.4 Å². The molecule has 0 saturated carbocycles. The van der Waals surface area contributed by atoms with E-state index in [-0.39, 0.29) is 11.4 Å². The second-order valence-electron chi connectivity index (χ2n) is 6.49. The van der Waals surface area contributed by atoms with Crippen molar-refractivity contribution in [3.8, 4) is 0 Å². The van der Waals surface area contributed by atoms with Crippen LogP contribution in [0.2, 0.25) is 0 Å². The maximum atomic E-state index is 13.2. The maximum absolute atomic E-state index is 13.2. The van der Waals surface area contributed by atoms with Crippen LogP contribution >= 0.6 is 0 Å². The molecule has 0 bridgehead atoms. The van der Waals surface area contributed by atoms with E-state index in [9.17, 15) is 31.1 Å². The van der Waals surface area contributed by atoms with E-state index in [0.29, 0.717) is 11.0 Å². The lowest BCUT2D eigenvalue weighted by atomic mass is 10.1. The van der Waals surface area contributed by atoms with Gasteiger partial charge in [0, 0.05) is 11.3 Å². The molecule has 3 aromatic rings. The average molecular weight is 454 g/mol. The van der Waals surface area contributed by atoms with Crippen LogP contribution in [-0.4, -0.2) is 28.6 Å². The lowest BCUT2D eigenvalue weighted by Crippen LogP contribution is -2.34. The minimum absolute atomic E-state index is 0.208. The molecular weight excluding hydrogens is 442 g/mol. The van der Waals surface area contributed by atoms with Gasteiger partial charge in [0.1, 0.15) is 6.54 Å². The molecule has 0 aliphatic rings. The summed E-state index contributed by atoms with van der Waals surface area (Å²) in [5.41, 5.74) is -2.36. The summed E-state index contributed by atoms with van der Waals surface area (Å²) in [6.07, 6.45) is -9.72. The van der Waals surface area contributed by atoms with Crippen molar-refractivity contribution in [3.63, 3.8) is 0 Å². The second-order valence-corrected chi connectivity index (χ2v) is 6.49. The molecule has 0 aliphatic heterocycles. The van der Waals surface area contributed by atoms with E-state index in [4.69, 9.17) is 11.1 Å². The van der Waals surface area contributed by atoms with Gasteiger partial charge in [-0.3, -0.25) is 4.79 Å². The normalized spacial score (nSPS) is 11.8. The molecule has 166 valence electrons. The summed E-state index contributed by atoms with van der Waals surface area (Å²) in [7, 11) is 0. The van der Waals surface area contributed by atoms with Crippen LogP contribution in [0.1, 0.15) is 27.6 Å². The molecule has 6 nitrogen and oxygen atoms in total. The maximum Gasteiger partial charge on any atom is 0.407 e. The first-order valence-electron chi connectivity index (χ1n) is 8.80. The van der Waals surface area contributed by atoms with E-state index in [1.54, 1.807) is 18.2 Å². The van der Waals surface area contributed by atoms with Gasteiger partial charge in [0.25, 0.3) is 11.7 Å². The molecule has 0 amide bonds. The van der Waals surface area contributed by atoms with Gasteiger partial charge in [-0.05, 0) is 12.1 Å². The number of hydrogen-bond donors (Lipinski definition) is 0. The lowest BCUT2D eigenvalue weighted by molar-refractivity contribution is -0.136. The van der Waals surface area contributed by atoms with Crippen LogP contribution in [0.15, 0.2) is 53.1 Å². The van der Waals surface area contributed by atoms with Crippen LogP contribution in [0.3, 0.4) is 0 Å². The third kappa shape index (κ3) is 5.42. The summed E-state index contributed by atoms with van der Waals surface area (Å²) in [6, 6.07) is 9.98. The molecule has 1 aromatic heterocycles. The Kier molecular flexibility index (Phi) is 6.20. The van der Waals surface area contributed by atoms with Gasteiger partial charge >= 0.3 is 12.4 Å². The molecule has 32 heavy (non-hydrogen) atoms. The minimum atomic E-state index is -4.94. The summed E-state index contributed by atoms with van der Waals surface area (Å²) >= 11 is 0. The molecule has 0 radical (unpaired) electrons. The highest BCUT2D eigenvalue weighted by atomic mass is 19.4. The average Bonchev–Trinajstić information content (AvgIpc) is 3.20. The zero-order valence-corrected chi connectivity index (χ0v) is 15.9. The predicted molar refractivity (Wildman–Crippen MR) is 99.0 cm³/mol. The highest BCUT2D eigenvalue weighted by molar-refractivity contribution is 6.05. The molecular formula is C20H12F6N4O2. The summed E-state index contributed by atoms with van der Waals surface area (Å²) in [6.45, 7) is 4.53. The van der Waals surface area contributed by atoms with Gasteiger partial charge in [0.05, 0.1) is 18.7 Å². The molecule has 0 saturated heterocycles. The zero-order chi connectivity index (χ0) is 23.5. The summed E-state index contributed by atoms with van der Waals surface area (Å²) in [5, 5.41) is 3.48. The number of carbonyl (C=O) groups excluding carboxylic acids is 1. The smallest absolute Gasteiger partial charge is 0.355 e. The Morgan fingerprint density at radius 3 is 2.34 bits per heavy atom. The van der Waals surface area contributed by atoms with Crippen molar-refractivity contribution in [1.29, 1.82) is 0 Å². The SMILES string of the molecule is [C-]#[N+]c1ccc(N(Cc2noc(C(=O)c3ccccc3)n2)CC(F)(F)F)cc1C(F)(F)F. The van der Waals surface area contributed by atoms with Gasteiger partial charge in [-0.15, -0.1) is 0 Å². The largest absolute Gasteiger partial charge is 0.407 e. The third-order valence-corrected chi connectivity index (χ3v) is 4.17. The van der Waals surface area contributed by atoms with E-state index >= 15 is 0 Å². The van der Waals surface area contributed by atoms with Crippen LogP contribution in [0.5, 0.6) is 0 Å². The highest BCUT2D eigenvalue weighted by Gasteiger charge is 2.36. The topological polar surface area (TPSA) is 63.6 Å². The van der Waals surface area contributed by atoms with Crippen molar-refractivity contribution in [1.82, 2.24) is 10.1 Å². The number of halogens is 6. The molecule has 0 atom stereocenters. The van der Waals surface area contributed by atoms with Crippen LogP contribution in [0, 0.1) is 6.57 Å².